The molecule has 1 nitrogen and oxygen atoms in total. The number of aldehydes is 1. The highest BCUT2D eigenvalue weighted by molar-refractivity contribution is 5.48. The van der Waals surface area contributed by atoms with E-state index in [0.717, 1.165) is 19.1 Å². The molecule has 0 unspecified atom stereocenters. The average Bonchev–Trinajstić information content (AvgIpc) is 2.39. The summed E-state index contributed by atoms with van der Waals surface area (Å²) in [6.07, 6.45) is 23.2. The molecule has 1 heteroatoms. The number of carbonyl (C=O) groups excluding carboxylic acids is 1. The number of rotatable bonds is 13. The molecule has 0 bridgehead atoms. The fourth-order valence-electron chi connectivity index (χ4n) is 1.88. The normalized spacial score (nSPS) is 11.6. The van der Waals surface area contributed by atoms with Gasteiger partial charge in [-0.1, -0.05) is 63.3 Å². The maximum atomic E-state index is 10.1. The molecular formula is C17H30O. The highest BCUT2D eigenvalue weighted by Crippen LogP contribution is 2.07. The number of hydrogen-bond donors (Lipinski definition) is 0. The van der Waals surface area contributed by atoms with Gasteiger partial charge in [-0.15, -0.1) is 0 Å². The largest absolute Gasteiger partial charge is 0.303 e. The van der Waals surface area contributed by atoms with Gasteiger partial charge >= 0.3 is 0 Å². The lowest BCUT2D eigenvalue weighted by atomic mass is 10.1. The van der Waals surface area contributed by atoms with Crippen molar-refractivity contribution in [3.8, 4) is 0 Å². The first-order valence-electron chi connectivity index (χ1n) is 7.67. The Balaban J connectivity index is 3.15. The van der Waals surface area contributed by atoms with Crippen LogP contribution in [0.1, 0.15) is 77.6 Å². The molecule has 0 atom stereocenters. The molecule has 0 aromatic carbocycles. The number of allylic oxidation sites excluding steroid dienone is 4. The van der Waals surface area contributed by atoms with Crippen LogP contribution in [0.2, 0.25) is 0 Å². The van der Waals surface area contributed by atoms with Gasteiger partial charge in [0.2, 0.25) is 0 Å². The number of carbonyl (C=O) groups is 1. The van der Waals surface area contributed by atoms with E-state index in [9.17, 15) is 4.79 Å². The molecule has 0 saturated heterocycles. The predicted molar refractivity (Wildman–Crippen MR) is 80.8 cm³/mol. The van der Waals surface area contributed by atoms with Crippen LogP contribution in [0.5, 0.6) is 0 Å². The standard InChI is InChI=1S/C17H30O/c1-2-3-4-5-6-7-8-9-10-11-12-13-14-15-16-17-18/h6-9,17H,2-5,10-16H2,1H3/b7-6-,9-8+. The third-order valence-electron chi connectivity index (χ3n) is 3.05. The molecule has 0 aliphatic heterocycles. The molecule has 0 amide bonds. The zero-order valence-corrected chi connectivity index (χ0v) is 12.1. The summed E-state index contributed by atoms with van der Waals surface area (Å²) in [4.78, 5) is 10.1. The zero-order chi connectivity index (χ0) is 13.3. The van der Waals surface area contributed by atoms with Gasteiger partial charge in [-0.25, -0.2) is 0 Å². The lowest BCUT2D eigenvalue weighted by molar-refractivity contribution is -0.107. The molecule has 0 aromatic rings. The first-order valence-corrected chi connectivity index (χ1v) is 7.67. The summed E-state index contributed by atoms with van der Waals surface area (Å²) in [6.45, 7) is 2.24. The van der Waals surface area contributed by atoms with Gasteiger partial charge in [-0.05, 0) is 32.1 Å². The quantitative estimate of drug-likeness (QED) is 0.236. The minimum Gasteiger partial charge on any atom is -0.303 e. The molecule has 0 radical (unpaired) electrons. The fraction of sp³-hybridized carbons (Fsp3) is 0.706. The second-order valence-electron chi connectivity index (χ2n) is 4.86. The Bertz CT molecular complexity index is 216. The Morgan fingerprint density at radius 1 is 0.667 bits per heavy atom. The molecule has 0 N–H and O–H groups in total. The summed E-state index contributed by atoms with van der Waals surface area (Å²) in [5.41, 5.74) is 0. The van der Waals surface area contributed by atoms with Gasteiger partial charge in [0.05, 0.1) is 0 Å². The van der Waals surface area contributed by atoms with E-state index in [0.29, 0.717) is 0 Å². The first-order chi connectivity index (χ1) is 8.91. The topological polar surface area (TPSA) is 17.1 Å². The van der Waals surface area contributed by atoms with Crippen LogP contribution in [0.25, 0.3) is 0 Å². The summed E-state index contributed by atoms with van der Waals surface area (Å²) >= 11 is 0. The van der Waals surface area contributed by atoms with Gasteiger partial charge < -0.3 is 4.79 Å². The highest BCUT2D eigenvalue weighted by atomic mass is 16.1. The number of unbranched alkanes of at least 4 members (excludes halogenated alkanes) is 9. The highest BCUT2D eigenvalue weighted by Gasteiger charge is 1.89. The summed E-state index contributed by atoms with van der Waals surface area (Å²) < 4.78 is 0. The maximum absolute atomic E-state index is 10.1. The van der Waals surface area contributed by atoms with Crippen LogP contribution in [-0.2, 0) is 4.79 Å². The van der Waals surface area contributed by atoms with E-state index in [1.165, 1.54) is 57.8 Å². The van der Waals surface area contributed by atoms with Gasteiger partial charge in [0.15, 0.2) is 0 Å². The maximum Gasteiger partial charge on any atom is 0.119 e. The van der Waals surface area contributed by atoms with Crippen molar-refractivity contribution < 1.29 is 4.79 Å². The fourth-order valence-corrected chi connectivity index (χ4v) is 1.88. The van der Waals surface area contributed by atoms with Crippen molar-refractivity contribution >= 4 is 6.29 Å². The minimum atomic E-state index is 0.739. The molecule has 0 saturated carbocycles. The molecule has 104 valence electrons. The van der Waals surface area contributed by atoms with Crippen molar-refractivity contribution in [1.82, 2.24) is 0 Å². The molecule has 0 aliphatic carbocycles. The summed E-state index contributed by atoms with van der Waals surface area (Å²) in [5, 5.41) is 0. The molecular weight excluding hydrogens is 220 g/mol. The van der Waals surface area contributed by atoms with Crippen LogP contribution in [0.3, 0.4) is 0 Å². The van der Waals surface area contributed by atoms with E-state index >= 15 is 0 Å². The Morgan fingerprint density at radius 2 is 1.17 bits per heavy atom. The van der Waals surface area contributed by atoms with Crippen molar-refractivity contribution in [1.29, 1.82) is 0 Å². The summed E-state index contributed by atoms with van der Waals surface area (Å²) in [5.74, 6) is 0. The molecule has 18 heavy (non-hydrogen) atoms. The van der Waals surface area contributed by atoms with Crippen molar-refractivity contribution in [2.24, 2.45) is 0 Å². The lowest BCUT2D eigenvalue weighted by Gasteiger charge is -1.96. The van der Waals surface area contributed by atoms with E-state index in [1.807, 2.05) is 0 Å². The molecule has 0 fully saturated rings. The second kappa shape index (κ2) is 16.1. The van der Waals surface area contributed by atoms with E-state index < -0.39 is 0 Å². The number of hydrogen-bond acceptors (Lipinski definition) is 1. The third-order valence-corrected chi connectivity index (χ3v) is 3.05. The van der Waals surface area contributed by atoms with Crippen molar-refractivity contribution in [3.63, 3.8) is 0 Å². The molecule has 0 aliphatic rings. The SMILES string of the molecule is CCCCC/C=C\C=C\CCCCCCCC=O. The minimum absolute atomic E-state index is 0.739. The van der Waals surface area contributed by atoms with Crippen molar-refractivity contribution in [2.75, 3.05) is 0 Å². The van der Waals surface area contributed by atoms with Crippen LogP contribution < -0.4 is 0 Å². The lowest BCUT2D eigenvalue weighted by Crippen LogP contribution is -1.80. The van der Waals surface area contributed by atoms with Crippen molar-refractivity contribution in [3.05, 3.63) is 24.3 Å². The monoisotopic (exact) mass is 250 g/mol. The smallest absolute Gasteiger partial charge is 0.119 e. The van der Waals surface area contributed by atoms with E-state index in [4.69, 9.17) is 0 Å². The van der Waals surface area contributed by atoms with Crippen LogP contribution in [0.4, 0.5) is 0 Å². The van der Waals surface area contributed by atoms with Crippen LogP contribution in [0, 0.1) is 0 Å². The van der Waals surface area contributed by atoms with Gasteiger partial charge in [0, 0.05) is 6.42 Å². The molecule has 0 aromatic heterocycles. The summed E-state index contributed by atoms with van der Waals surface area (Å²) in [6, 6.07) is 0. The molecule has 0 heterocycles. The van der Waals surface area contributed by atoms with Crippen molar-refractivity contribution in [2.45, 2.75) is 77.6 Å². The second-order valence-corrected chi connectivity index (χ2v) is 4.86. The van der Waals surface area contributed by atoms with Crippen LogP contribution >= 0.6 is 0 Å². The Hall–Kier alpha value is -0.850. The Kier molecular flexibility index (Phi) is 15.4. The van der Waals surface area contributed by atoms with Crippen LogP contribution in [-0.4, -0.2) is 6.29 Å². The Morgan fingerprint density at radius 3 is 1.72 bits per heavy atom. The van der Waals surface area contributed by atoms with Gasteiger partial charge in [-0.2, -0.15) is 0 Å². The van der Waals surface area contributed by atoms with E-state index in [2.05, 4.69) is 31.2 Å². The Labute approximate surface area is 113 Å². The predicted octanol–water partition coefficient (Wildman–Crippen LogP) is 5.61. The molecule has 0 rings (SSSR count). The summed E-state index contributed by atoms with van der Waals surface area (Å²) in [7, 11) is 0. The van der Waals surface area contributed by atoms with Gasteiger partial charge in [-0.3, -0.25) is 0 Å². The van der Waals surface area contributed by atoms with Gasteiger partial charge in [0.25, 0.3) is 0 Å². The molecule has 0 spiro atoms. The van der Waals surface area contributed by atoms with Gasteiger partial charge in [0.1, 0.15) is 6.29 Å². The zero-order valence-electron chi connectivity index (χ0n) is 12.1. The van der Waals surface area contributed by atoms with E-state index in [1.54, 1.807) is 0 Å². The third kappa shape index (κ3) is 15.1. The van der Waals surface area contributed by atoms with Crippen LogP contribution in [0.15, 0.2) is 24.3 Å². The first kappa shape index (κ1) is 17.2. The van der Waals surface area contributed by atoms with E-state index in [-0.39, 0.29) is 0 Å². The average molecular weight is 250 g/mol.